The smallest absolute Gasteiger partial charge is 0.321 e. The highest BCUT2D eigenvalue weighted by atomic mass is 16.2. The van der Waals surface area contributed by atoms with Gasteiger partial charge in [0.25, 0.3) is 0 Å². The van der Waals surface area contributed by atoms with E-state index in [-0.39, 0.29) is 6.03 Å². The third-order valence-corrected chi connectivity index (χ3v) is 5.96. The molecular weight excluding hydrogens is 372 g/mol. The van der Waals surface area contributed by atoms with E-state index in [1.54, 1.807) is 0 Å². The number of hydrogen-bond acceptors (Lipinski definition) is 3. The van der Waals surface area contributed by atoms with Gasteiger partial charge in [-0.15, -0.1) is 0 Å². The average molecular weight is 392 g/mol. The van der Waals surface area contributed by atoms with Gasteiger partial charge in [0.05, 0.1) is 22.1 Å². The molecule has 2 heterocycles. The van der Waals surface area contributed by atoms with E-state index in [9.17, 15) is 4.79 Å². The highest BCUT2D eigenvalue weighted by Crippen LogP contribution is 2.34. The Morgan fingerprint density at radius 3 is 1.93 bits per heavy atom. The Kier molecular flexibility index (Phi) is 3.81. The van der Waals surface area contributed by atoms with Gasteiger partial charge < -0.3 is 10.2 Å². The number of carbonyl (C=O) groups is 1. The minimum Gasteiger partial charge on any atom is -0.325 e. The van der Waals surface area contributed by atoms with Crippen LogP contribution in [0.4, 0.5) is 10.5 Å². The maximum absolute atomic E-state index is 12.5. The fourth-order valence-electron chi connectivity index (χ4n) is 4.48. The summed E-state index contributed by atoms with van der Waals surface area (Å²) in [5, 5.41) is 7.56. The maximum atomic E-state index is 12.5. The van der Waals surface area contributed by atoms with E-state index < -0.39 is 0 Å². The molecule has 0 atom stereocenters. The van der Waals surface area contributed by atoms with Crippen molar-refractivity contribution in [2.24, 2.45) is 0 Å². The van der Waals surface area contributed by atoms with Crippen LogP contribution in [-0.4, -0.2) is 34.0 Å². The lowest BCUT2D eigenvalue weighted by Crippen LogP contribution is -2.32. The molecule has 1 fully saturated rings. The number of carbonyl (C=O) groups excluding carboxylic acids is 1. The molecule has 30 heavy (non-hydrogen) atoms. The predicted molar refractivity (Wildman–Crippen MR) is 122 cm³/mol. The summed E-state index contributed by atoms with van der Waals surface area (Å²) in [4.78, 5) is 24.3. The fraction of sp³-hybridized carbons (Fsp3) is 0.160. The van der Waals surface area contributed by atoms with Crippen molar-refractivity contribution < 1.29 is 4.79 Å². The molecule has 0 spiro atoms. The number of amides is 2. The molecule has 5 heteroatoms. The Morgan fingerprint density at radius 1 is 0.733 bits per heavy atom. The van der Waals surface area contributed by atoms with Crippen molar-refractivity contribution in [3.05, 3.63) is 66.7 Å². The van der Waals surface area contributed by atoms with Crippen LogP contribution >= 0.6 is 0 Å². The van der Waals surface area contributed by atoms with Gasteiger partial charge in [0.15, 0.2) is 0 Å². The second kappa shape index (κ2) is 6.66. The van der Waals surface area contributed by atoms with E-state index in [1.807, 2.05) is 35.2 Å². The third kappa shape index (κ3) is 2.66. The number of likely N-dealkylation sites (tertiary alicyclic amines) is 1. The number of hydrogen-bond donors (Lipinski definition) is 1. The molecule has 4 aromatic carbocycles. The fourth-order valence-corrected chi connectivity index (χ4v) is 4.48. The average Bonchev–Trinajstić information content (AvgIpc) is 3.33. The molecule has 0 unspecified atom stereocenters. The summed E-state index contributed by atoms with van der Waals surface area (Å²) >= 11 is 0. The molecule has 1 saturated heterocycles. The molecule has 0 radical (unpaired) electrons. The van der Waals surface area contributed by atoms with Crippen LogP contribution in [0.25, 0.3) is 43.6 Å². The van der Waals surface area contributed by atoms with Crippen LogP contribution in [0, 0.1) is 0 Å². The lowest BCUT2D eigenvalue weighted by Gasteiger charge is -2.16. The van der Waals surface area contributed by atoms with Gasteiger partial charge >= 0.3 is 6.03 Å². The normalized spacial score (nSPS) is 14.2. The number of benzene rings is 4. The molecule has 1 N–H and O–H groups in total. The van der Waals surface area contributed by atoms with Crippen molar-refractivity contribution in [3.8, 4) is 0 Å². The number of urea groups is 1. The van der Waals surface area contributed by atoms with Crippen LogP contribution in [0.5, 0.6) is 0 Å². The molecule has 5 nitrogen and oxygen atoms in total. The molecule has 0 bridgehead atoms. The Morgan fingerprint density at radius 2 is 1.30 bits per heavy atom. The number of rotatable bonds is 1. The predicted octanol–water partition coefficient (Wildman–Crippen LogP) is 5.72. The molecule has 6 rings (SSSR count). The Hall–Kier alpha value is -3.73. The second-order valence-electron chi connectivity index (χ2n) is 7.84. The number of anilines is 1. The lowest BCUT2D eigenvalue weighted by atomic mass is 9.99. The molecule has 1 aromatic heterocycles. The van der Waals surface area contributed by atoms with E-state index in [0.717, 1.165) is 64.5 Å². The molecular formula is C25H20N4O. The summed E-state index contributed by atoms with van der Waals surface area (Å²) in [5.41, 5.74) is 4.15. The van der Waals surface area contributed by atoms with Crippen molar-refractivity contribution in [2.75, 3.05) is 18.4 Å². The van der Waals surface area contributed by atoms with Crippen LogP contribution in [0.1, 0.15) is 12.8 Å². The highest BCUT2D eigenvalue weighted by molar-refractivity contribution is 6.23. The Balaban J connectivity index is 1.55. The minimum atomic E-state index is -0.0444. The zero-order valence-corrected chi connectivity index (χ0v) is 16.4. The van der Waals surface area contributed by atoms with Crippen molar-refractivity contribution in [3.63, 3.8) is 0 Å². The molecule has 1 aliphatic rings. The SMILES string of the molecule is O=C(Nc1ccc2nc3c4ccccc4c4ccccc4c3nc2c1)N1CCCC1. The Labute approximate surface area is 173 Å². The topological polar surface area (TPSA) is 58.1 Å². The standard InChI is InChI=1S/C25H20N4O/c30-25(29-13-5-6-14-29)26-16-11-12-21-22(15-16)28-24-20-10-4-2-8-18(20)17-7-1-3-9-19(17)23(24)27-21/h1-4,7-12,15H,5-6,13-14H2,(H,26,30). The first-order valence-corrected chi connectivity index (χ1v) is 10.3. The first kappa shape index (κ1) is 17.2. The van der Waals surface area contributed by atoms with Crippen molar-refractivity contribution in [1.29, 1.82) is 0 Å². The maximum Gasteiger partial charge on any atom is 0.321 e. The summed E-state index contributed by atoms with van der Waals surface area (Å²) in [6, 6.07) is 22.4. The number of nitrogens with zero attached hydrogens (tertiary/aromatic N) is 3. The second-order valence-corrected chi connectivity index (χ2v) is 7.84. The third-order valence-electron chi connectivity index (χ3n) is 5.96. The molecule has 0 saturated carbocycles. The summed E-state index contributed by atoms with van der Waals surface area (Å²) < 4.78 is 0. The van der Waals surface area contributed by atoms with E-state index in [4.69, 9.17) is 9.97 Å². The molecule has 5 aromatic rings. The monoisotopic (exact) mass is 392 g/mol. The van der Waals surface area contributed by atoms with Crippen LogP contribution < -0.4 is 5.32 Å². The van der Waals surface area contributed by atoms with Crippen molar-refractivity contribution in [2.45, 2.75) is 12.8 Å². The van der Waals surface area contributed by atoms with Crippen molar-refractivity contribution in [1.82, 2.24) is 14.9 Å². The highest BCUT2D eigenvalue weighted by Gasteiger charge is 2.18. The van der Waals surface area contributed by atoms with Gasteiger partial charge in [0.1, 0.15) is 0 Å². The summed E-state index contributed by atoms with van der Waals surface area (Å²) in [6.07, 6.45) is 2.15. The van der Waals surface area contributed by atoms with Crippen molar-refractivity contribution >= 4 is 55.3 Å². The summed E-state index contributed by atoms with van der Waals surface area (Å²) in [5.74, 6) is 0. The number of aromatic nitrogens is 2. The van der Waals surface area contributed by atoms with Gasteiger partial charge in [-0.3, -0.25) is 0 Å². The van der Waals surface area contributed by atoms with Gasteiger partial charge in [-0.05, 0) is 41.8 Å². The molecule has 0 aliphatic carbocycles. The van der Waals surface area contributed by atoms with Gasteiger partial charge in [-0.25, -0.2) is 14.8 Å². The van der Waals surface area contributed by atoms with Gasteiger partial charge in [-0.1, -0.05) is 48.5 Å². The number of nitrogens with one attached hydrogen (secondary N) is 1. The lowest BCUT2D eigenvalue weighted by molar-refractivity contribution is 0.222. The van der Waals surface area contributed by atoms with Crippen LogP contribution in [-0.2, 0) is 0 Å². The van der Waals surface area contributed by atoms with E-state index in [1.165, 1.54) is 10.8 Å². The quantitative estimate of drug-likeness (QED) is 0.293. The molecule has 1 aliphatic heterocycles. The zero-order chi connectivity index (χ0) is 20.1. The van der Waals surface area contributed by atoms with E-state index >= 15 is 0 Å². The Bertz CT molecular complexity index is 1450. The van der Waals surface area contributed by atoms with Gasteiger partial charge in [0.2, 0.25) is 0 Å². The largest absolute Gasteiger partial charge is 0.325 e. The first-order chi connectivity index (χ1) is 14.8. The molecule has 2 amide bonds. The van der Waals surface area contributed by atoms with Gasteiger partial charge in [-0.2, -0.15) is 0 Å². The van der Waals surface area contributed by atoms with E-state index in [2.05, 4.69) is 41.7 Å². The summed E-state index contributed by atoms with van der Waals surface area (Å²) in [7, 11) is 0. The first-order valence-electron chi connectivity index (χ1n) is 10.3. The minimum absolute atomic E-state index is 0.0444. The zero-order valence-electron chi connectivity index (χ0n) is 16.4. The van der Waals surface area contributed by atoms with Crippen LogP contribution in [0.3, 0.4) is 0 Å². The number of fused-ring (bicyclic) bond motifs is 7. The van der Waals surface area contributed by atoms with Gasteiger partial charge in [0, 0.05) is 29.5 Å². The van der Waals surface area contributed by atoms with E-state index in [0.29, 0.717) is 0 Å². The van der Waals surface area contributed by atoms with Crippen LogP contribution in [0.15, 0.2) is 66.7 Å². The summed E-state index contributed by atoms with van der Waals surface area (Å²) in [6.45, 7) is 1.64. The molecule has 146 valence electrons. The van der Waals surface area contributed by atoms with Crippen LogP contribution in [0.2, 0.25) is 0 Å².